The van der Waals surface area contributed by atoms with Gasteiger partial charge in [0, 0.05) is 44.5 Å². The topological polar surface area (TPSA) is 65.5 Å². The van der Waals surface area contributed by atoms with Gasteiger partial charge in [0.1, 0.15) is 0 Å². The average molecular weight is 489 g/mol. The molecule has 0 radical (unpaired) electrons. The lowest BCUT2D eigenvalue weighted by molar-refractivity contribution is -0.149. The maximum atomic E-state index is 12.8. The molecule has 0 spiro atoms. The third-order valence-electron chi connectivity index (χ3n) is 7.00. The quantitative estimate of drug-likeness (QED) is 0.628. The Morgan fingerprint density at radius 3 is 2.43 bits per heavy atom. The fourth-order valence-corrected chi connectivity index (χ4v) is 4.96. The van der Waals surface area contributed by atoms with Gasteiger partial charge in [0.15, 0.2) is 0 Å². The first-order valence-electron chi connectivity index (χ1n) is 12.1. The molecule has 9 heteroatoms. The molecule has 0 bridgehead atoms. The Labute approximate surface area is 203 Å². The first kappa shape index (κ1) is 25.0. The Kier molecular flexibility index (Phi) is 7.62. The Morgan fingerprint density at radius 2 is 1.77 bits per heavy atom. The number of anilines is 2. The van der Waals surface area contributed by atoms with Gasteiger partial charge in [0.25, 0.3) is 0 Å². The van der Waals surface area contributed by atoms with Crippen LogP contribution in [0.15, 0.2) is 42.6 Å². The molecule has 1 atom stereocenters. The number of carbonyl (C=O) groups excluding carboxylic acids is 2. The van der Waals surface area contributed by atoms with Crippen LogP contribution in [0, 0.1) is 12.8 Å². The molecule has 6 nitrogen and oxygen atoms in total. The molecule has 4 rings (SSSR count). The van der Waals surface area contributed by atoms with Gasteiger partial charge in [0.2, 0.25) is 11.8 Å². The number of aryl methyl sites for hydroxylation is 1. The van der Waals surface area contributed by atoms with E-state index in [2.05, 4.69) is 15.2 Å². The minimum absolute atomic E-state index is 0.00692. The summed E-state index contributed by atoms with van der Waals surface area (Å²) >= 11 is 0. The number of carbonyl (C=O) groups is 2. The summed E-state index contributed by atoms with van der Waals surface area (Å²) in [5.74, 6) is -0.263. The molecule has 2 saturated heterocycles. The predicted molar refractivity (Wildman–Crippen MR) is 128 cm³/mol. The fraction of sp³-hybridized carbons (Fsp3) is 0.500. The number of piperidine rings is 1. The third-order valence-corrected chi connectivity index (χ3v) is 7.00. The van der Waals surface area contributed by atoms with Crippen LogP contribution in [0.5, 0.6) is 0 Å². The standard InChI is InChI=1S/C26H31F3N4O2/c1-18-23(3-2-13-30-18)33-16-11-21(17-33)25(35)31-22-6-4-19(5-7-22)20-9-14-32(15-10-20)24(34)8-12-26(27,28)29/h2-7,13,20-21H,8-12,14-17H2,1H3,(H,31,35). The second-order valence-corrected chi connectivity index (χ2v) is 9.42. The fourth-order valence-electron chi connectivity index (χ4n) is 4.96. The van der Waals surface area contributed by atoms with Gasteiger partial charge in [-0.25, -0.2) is 0 Å². The molecule has 0 saturated carbocycles. The Morgan fingerprint density at radius 1 is 1.06 bits per heavy atom. The monoisotopic (exact) mass is 488 g/mol. The lowest BCUT2D eigenvalue weighted by Crippen LogP contribution is -2.38. The first-order chi connectivity index (χ1) is 16.7. The Hall–Kier alpha value is -3.10. The van der Waals surface area contributed by atoms with Gasteiger partial charge in [0.05, 0.1) is 23.7 Å². The van der Waals surface area contributed by atoms with Crippen molar-refractivity contribution in [2.24, 2.45) is 5.92 Å². The van der Waals surface area contributed by atoms with Crippen LogP contribution in [0.1, 0.15) is 49.3 Å². The minimum atomic E-state index is -4.30. The number of benzene rings is 1. The summed E-state index contributed by atoms with van der Waals surface area (Å²) in [7, 11) is 0. The number of likely N-dealkylation sites (tertiary alicyclic amines) is 1. The van der Waals surface area contributed by atoms with Crippen LogP contribution in [-0.4, -0.2) is 54.1 Å². The molecule has 3 heterocycles. The van der Waals surface area contributed by atoms with Crippen LogP contribution in [-0.2, 0) is 9.59 Å². The van der Waals surface area contributed by atoms with Crippen molar-refractivity contribution in [2.75, 3.05) is 36.4 Å². The molecular weight excluding hydrogens is 457 g/mol. The van der Waals surface area contributed by atoms with Crippen molar-refractivity contribution in [1.29, 1.82) is 0 Å². The molecule has 188 valence electrons. The summed E-state index contributed by atoms with van der Waals surface area (Å²) < 4.78 is 37.1. The molecule has 2 aliphatic heterocycles. The van der Waals surface area contributed by atoms with E-state index < -0.39 is 24.9 Å². The second-order valence-electron chi connectivity index (χ2n) is 9.42. The zero-order valence-electron chi connectivity index (χ0n) is 19.9. The van der Waals surface area contributed by atoms with E-state index in [0.717, 1.165) is 48.4 Å². The molecule has 2 aliphatic rings. The van der Waals surface area contributed by atoms with E-state index in [-0.39, 0.29) is 17.7 Å². The summed E-state index contributed by atoms with van der Waals surface area (Å²) in [4.78, 5) is 32.9. The average Bonchev–Trinajstić information content (AvgIpc) is 3.33. The van der Waals surface area contributed by atoms with E-state index in [1.54, 1.807) is 6.20 Å². The predicted octanol–water partition coefficient (Wildman–Crippen LogP) is 4.90. The number of aromatic nitrogens is 1. The molecule has 2 fully saturated rings. The molecule has 1 N–H and O–H groups in total. The van der Waals surface area contributed by atoms with Gasteiger partial charge in [-0.3, -0.25) is 14.6 Å². The normalized spacial score (nSPS) is 19.1. The number of rotatable bonds is 6. The van der Waals surface area contributed by atoms with Gasteiger partial charge in [-0.2, -0.15) is 13.2 Å². The SMILES string of the molecule is Cc1ncccc1N1CCC(C(=O)Nc2ccc(C3CCN(C(=O)CCC(F)(F)F)CC3)cc2)C1. The van der Waals surface area contributed by atoms with Gasteiger partial charge in [-0.05, 0) is 61.9 Å². The van der Waals surface area contributed by atoms with Crippen LogP contribution in [0.2, 0.25) is 0 Å². The van der Waals surface area contributed by atoms with Crippen LogP contribution in [0.3, 0.4) is 0 Å². The lowest BCUT2D eigenvalue weighted by atomic mass is 9.89. The van der Waals surface area contributed by atoms with Crippen molar-refractivity contribution in [3.8, 4) is 0 Å². The zero-order valence-corrected chi connectivity index (χ0v) is 19.9. The van der Waals surface area contributed by atoms with Gasteiger partial charge >= 0.3 is 6.18 Å². The smallest absolute Gasteiger partial charge is 0.369 e. The van der Waals surface area contributed by atoms with Crippen molar-refractivity contribution in [1.82, 2.24) is 9.88 Å². The van der Waals surface area contributed by atoms with E-state index in [1.807, 2.05) is 43.3 Å². The van der Waals surface area contributed by atoms with Crippen molar-refractivity contribution < 1.29 is 22.8 Å². The molecule has 35 heavy (non-hydrogen) atoms. The number of amides is 2. The molecule has 0 aliphatic carbocycles. The Balaban J connectivity index is 1.25. The van der Waals surface area contributed by atoms with Crippen molar-refractivity contribution in [2.45, 2.75) is 51.1 Å². The number of alkyl halides is 3. The van der Waals surface area contributed by atoms with Gasteiger partial charge in [-0.1, -0.05) is 12.1 Å². The summed E-state index contributed by atoms with van der Waals surface area (Å²) in [5, 5.41) is 3.02. The van der Waals surface area contributed by atoms with Crippen LogP contribution >= 0.6 is 0 Å². The third kappa shape index (κ3) is 6.52. The first-order valence-corrected chi connectivity index (χ1v) is 12.1. The maximum absolute atomic E-state index is 12.8. The number of nitrogens with zero attached hydrogens (tertiary/aromatic N) is 3. The van der Waals surface area contributed by atoms with Crippen LogP contribution < -0.4 is 10.2 Å². The van der Waals surface area contributed by atoms with Crippen LogP contribution in [0.4, 0.5) is 24.5 Å². The van der Waals surface area contributed by atoms with E-state index >= 15 is 0 Å². The number of hydrogen-bond acceptors (Lipinski definition) is 4. The summed E-state index contributed by atoms with van der Waals surface area (Å²) in [5.41, 5.74) is 3.89. The van der Waals surface area contributed by atoms with Crippen molar-refractivity contribution in [3.05, 3.63) is 53.9 Å². The lowest BCUT2D eigenvalue weighted by Gasteiger charge is -2.32. The molecule has 2 amide bonds. The van der Waals surface area contributed by atoms with Crippen molar-refractivity contribution >= 4 is 23.2 Å². The molecule has 1 aromatic carbocycles. The van der Waals surface area contributed by atoms with E-state index in [4.69, 9.17) is 0 Å². The molecule has 1 unspecified atom stereocenters. The largest absolute Gasteiger partial charge is 0.389 e. The highest BCUT2D eigenvalue weighted by molar-refractivity contribution is 5.93. The van der Waals surface area contributed by atoms with E-state index in [9.17, 15) is 22.8 Å². The van der Waals surface area contributed by atoms with E-state index in [1.165, 1.54) is 4.90 Å². The summed E-state index contributed by atoms with van der Waals surface area (Å²) in [6, 6.07) is 11.7. The molecule has 2 aromatic rings. The van der Waals surface area contributed by atoms with Gasteiger partial charge in [-0.15, -0.1) is 0 Å². The summed E-state index contributed by atoms with van der Waals surface area (Å²) in [6.45, 7) is 4.39. The molecular formula is C26H31F3N4O2. The van der Waals surface area contributed by atoms with Crippen LogP contribution in [0.25, 0.3) is 0 Å². The Bertz CT molecular complexity index is 1030. The van der Waals surface area contributed by atoms with Gasteiger partial charge < -0.3 is 15.1 Å². The number of nitrogens with one attached hydrogen (secondary N) is 1. The molecule has 1 aromatic heterocycles. The second kappa shape index (κ2) is 10.7. The van der Waals surface area contributed by atoms with E-state index in [0.29, 0.717) is 19.6 Å². The minimum Gasteiger partial charge on any atom is -0.369 e. The summed E-state index contributed by atoms with van der Waals surface area (Å²) in [6.07, 6.45) is -1.86. The number of pyridine rings is 1. The number of hydrogen-bond donors (Lipinski definition) is 1. The maximum Gasteiger partial charge on any atom is 0.389 e. The highest BCUT2D eigenvalue weighted by atomic mass is 19.4. The van der Waals surface area contributed by atoms with Crippen molar-refractivity contribution in [3.63, 3.8) is 0 Å². The highest BCUT2D eigenvalue weighted by Crippen LogP contribution is 2.31. The zero-order chi connectivity index (χ0) is 25.0. The highest BCUT2D eigenvalue weighted by Gasteiger charge is 2.31. The number of halogens is 3.